The molecule has 1 unspecified atom stereocenters. The van der Waals surface area contributed by atoms with Gasteiger partial charge >= 0.3 is 5.97 Å². The van der Waals surface area contributed by atoms with E-state index in [2.05, 4.69) is 0 Å². The van der Waals surface area contributed by atoms with E-state index in [0.29, 0.717) is 0 Å². The van der Waals surface area contributed by atoms with Gasteiger partial charge in [-0.3, -0.25) is 9.69 Å². The fraction of sp³-hybridized carbons (Fsp3) is 0.833. The van der Waals surface area contributed by atoms with Gasteiger partial charge in [-0.05, 0) is 14.1 Å². The van der Waals surface area contributed by atoms with Crippen molar-refractivity contribution < 1.29 is 18.3 Å². The van der Waals surface area contributed by atoms with Crippen LogP contribution in [0.4, 0.5) is 0 Å². The van der Waals surface area contributed by atoms with Gasteiger partial charge in [0.05, 0.1) is 5.75 Å². The molecule has 0 aliphatic carbocycles. The van der Waals surface area contributed by atoms with E-state index in [0.717, 1.165) is 6.26 Å². The molecule has 1 atom stereocenters. The molecule has 0 radical (unpaired) electrons. The van der Waals surface area contributed by atoms with Gasteiger partial charge in [0.25, 0.3) is 0 Å². The number of sulfone groups is 1. The zero-order valence-electron chi connectivity index (χ0n) is 7.31. The third kappa shape index (κ3) is 4.30. The summed E-state index contributed by atoms with van der Waals surface area (Å²) in [6.07, 6.45) is 1.02. The first-order chi connectivity index (χ1) is 5.24. The van der Waals surface area contributed by atoms with Crippen molar-refractivity contribution in [3.8, 4) is 0 Å². The van der Waals surface area contributed by atoms with Gasteiger partial charge in [-0.25, -0.2) is 8.42 Å². The molecule has 12 heavy (non-hydrogen) atoms. The van der Waals surface area contributed by atoms with Crippen molar-refractivity contribution in [1.29, 1.82) is 0 Å². The minimum Gasteiger partial charge on any atom is -0.480 e. The number of carbonyl (C=O) groups is 1. The second-order valence-electron chi connectivity index (χ2n) is 2.91. The molecule has 0 rings (SSSR count). The molecule has 6 heteroatoms. The molecule has 0 aliphatic heterocycles. The molecule has 1 N–H and O–H groups in total. The van der Waals surface area contributed by atoms with E-state index in [1.807, 2.05) is 0 Å². The van der Waals surface area contributed by atoms with Gasteiger partial charge in [-0.1, -0.05) is 0 Å². The normalized spacial score (nSPS) is 14.7. The fourth-order valence-corrected chi connectivity index (χ4v) is 1.74. The molecular weight excluding hydrogens is 182 g/mol. The van der Waals surface area contributed by atoms with E-state index in [9.17, 15) is 13.2 Å². The Hall–Kier alpha value is -0.620. The van der Waals surface area contributed by atoms with Crippen LogP contribution in [0, 0.1) is 0 Å². The second-order valence-corrected chi connectivity index (χ2v) is 5.09. The first-order valence-electron chi connectivity index (χ1n) is 3.31. The lowest BCUT2D eigenvalue weighted by Crippen LogP contribution is -2.41. The summed E-state index contributed by atoms with van der Waals surface area (Å²) >= 11 is 0. The van der Waals surface area contributed by atoms with E-state index in [-0.39, 0.29) is 5.75 Å². The van der Waals surface area contributed by atoms with Gasteiger partial charge < -0.3 is 5.11 Å². The molecule has 0 saturated heterocycles. The molecule has 5 nitrogen and oxygen atoms in total. The third-order valence-corrected chi connectivity index (χ3v) is 2.29. The van der Waals surface area contributed by atoms with Gasteiger partial charge in [0.15, 0.2) is 0 Å². The molecule has 72 valence electrons. The summed E-state index contributed by atoms with van der Waals surface area (Å²) in [5, 5.41) is 8.60. The molecule has 0 heterocycles. The van der Waals surface area contributed by atoms with Crippen LogP contribution >= 0.6 is 0 Å². The number of hydrogen-bond acceptors (Lipinski definition) is 4. The Kier molecular flexibility index (Phi) is 3.66. The maximum atomic E-state index is 10.8. The molecule has 0 aromatic rings. The number of carboxylic acid groups (broad SMARTS) is 1. The average molecular weight is 195 g/mol. The Bertz CT molecular complexity index is 257. The Morgan fingerprint density at radius 2 is 1.92 bits per heavy atom. The lowest BCUT2D eigenvalue weighted by atomic mass is 10.3. The predicted molar refractivity (Wildman–Crippen MR) is 44.8 cm³/mol. The minimum absolute atomic E-state index is 0.352. The quantitative estimate of drug-likeness (QED) is 0.625. The second kappa shape index (κ2) is 3.86. The monoisotopic (exact) mass is 195 g/mol. The van der Waals surface area contributed by atoms with E-state index in [1.54, 1.807) is 0 Å². The van der Waals surface area contributed by atoms with Gasteiger partial charge in [0, 0.05) is 6.26 Å². The Morgan fingerprint density at radius 1 is 1.50 bits per heavy atom. The van der Waals surface area contributed by atoms with E-state index in [4.69, 9.17) is 5.11 Å². The summed E-state index contributed by atoms with van der Waals surface area (Å²) in [6.45, 7) is 0. The number of hydrogen-bond donors (Lipinski definition) is 1. The Balaban J connectivity index is 4.46. The van der Waals surface area contributed by atoms with Crippen molar-refractivity contribution in [2.24, 2.45) is 0 Å². The number of likely N-dealkylation sites (N-methyl/N-ethyl adjacent to an activating group) is 1. The van der Waals surface area contributed by atoms with Gasteiger partial charge in [0.2, 0.25) is 0 Å². The molecule has 0 amide bonds. The molecular formula is C6H13NO4S. The van der Waals surface area contributed by atoms with Crippen LogP contribution in [-0.2, 0) is 14.6 Å². The van der Waals surface area contributed by atoms with Crippen molar-refractivity contribution >= 4 is 15.8 Å². The summed E-state index contributed by atoms with van der Waals surface area (Å²) in [5.74, 6) is -1.47. The summed E-state index contributed by atoms with van der Waals surface area (Å²) in [4.78, 5) is 11.9. The smallest absolute Gasteiger partial charge is 0.321 e. The standard InChI is InChI=1S/C6H13NO4S/c1-7(2)5(6(8)9)4-12(3,10)11/h5H,4H2,1-3H3,(H,8,9). The van der Waals surface area contributed by atoms with E-state index >= 15 is 0 Å². The summed E-state index contributed by atoms with van der Waals surface area (Å²) in [7, 11) is -0.172. The van der Waals surface area contributed by atoms with Gasteiger partial charge in [0.1, 0.15) is 15.9 Å². The maximum absolute atomic E-state index is 10.8. The van der Waals surface area contributed by atoms with Crippen LogP contribution in [0.2, 0.25) is 0 Å². The molecule has 0 bridgehead atoms. The molecule has 0 aliphatic rings. The Morgan fingerprint density at radius 3 is 2.00 bits per heavy atom. The Labute approximate surface area is 71.9 Å². The molecule has 0 aromatic carbocycles. The number of rotatable bonds is 4. The summed E-state index contributed by atoms with van der Waals surface area (Å²) < 4.78 is 21.5. The number of nitrogens with zero attached hydrogens (tertiary/aromatic N) is 1. The topological polar surface area (TPSA) is 74.7 Å². The highest BCUT2D eigenvalue weighted by Crippen LogP contribution is 1.97. The largest absolute Gasteiger partial charge is 0.480 e. The van der Waals surface area contributed by atoms with Crippen molar-refractivity contribution in [3.05, 3.63) is 0 Å². The van der Waals surface area contributed by atoms with Gasteiger partial charge in [-0.15, -0.1) is 0 Å². The van der Waals surface area contributed by atoms with Crippen LogP contribution in [0.5, 0.6) is 0 Å². The van der Waals surface area contributed by atoms with E-state index in [1.165, 1.54) is 19.0 Å². The van der Waals surface area contributed by atoms with Gasteiger partial charge in [-0.2, -0.15) is 0 Å². The molecule has 0 saturated carbocycles. The lowest BCUT2D eigenvalue weighted by molar-refractivity contribution is -0.141. The predicted octanol–water partition coefficient (Wildman–Crippen LogP) is -0.954. The number of carboxylic acids is 1. The zero-order chi connectivity index (χ0) is 9.94. The van der Waals surface area contributed by atoms with Crippen LogP contribution in [0.15, 0.2) is 0 Å². The minimum atomic E-state index is -3.24. The zero-order valence-corrected chi connectivity index (χ0v) is 8.13. The first-order valence-corrected chi connectivity index (χ1v) is 5.37. The molecule has 0 fully saturated rings. The summed E-state index contributed by atoms with van der Waals surface area (Å²) in [5.41, 5.74) is 0. The maximum Gasteiger partial charge on any atom is 0.321 e. The molecule has 0 aromatic heterocycles. The third-order valence-electron chi connectivity index (χ3n) is 1.37. The van der Waals surface area contributed by atoms with Crippen molar-refractivity contribution in [1.82, 2.24) is 4.90 Å². The summed E-state index contributed by atoms with van der Waals surface area (Å²) in [6, 6.07) is -0.958. The SMILES string of the molecule is CN(C)C(CS(C)(=O)=O)C(=O)O. The highest BCUT2D eigenvalue weighted by molar-refractivity contribution is 7.90. The fourth-order valence-electron chi connectivity index (χ4n) is 0.728. The molecule has 0 spiro atoms. The van der Waals surface area contributed by atoms with Crippen molar-refractivity contribution in [3.63, 3.8) is 0 Å². The number of aliphatic carboxylic acids is 1. The van der Waals surface area contributed by atoms with Crippen LogP contribution in [0.3, 0.4) is 0 Å². The lowest BCUT2D eigenvalue weighted by Gasteiger charge is -2.18. The van der Waals surface area contributed by atoms with Crippen molar-refractivity contribution in [2.75, 3.05) is 26.1 Å². The van der Waals surface area contributed by atoms with Crippen LogP contribution in [-0.4, -0.2) is 56.5 Å². The van der Waals surface area contributed by atoms with Crippen LogP contribution in [0.25, 0.3) is 0 Å². The highest BCUT2D eigenvalue weighted by atomic mass is 32.2. The average Bonchev–Trinajstić information content (AvgIpc) is 1.79. The van der Waals surface area contributed by atoms with E-state index < -0.39 is 21.8 Å². The highest BCUT2D eigenvalue weighted by Gasteiger charge is 2.24. The van der Waals surface area contributed by atoms with Crippen LogP contribution < -0.4 is 0 Å². The van der Waals surface area contributed by atoms with Crippen LogP contribution in [0.1, 0.15) is 0 Å². The first kappa shape index (κ1) is 11.4. The van der Waals surface area contributed by atoms with Crippen molar-refractivity contribution in [2.45, 2.75) is 6.04 Å².